The Labute approximate surface area is 148 Å². The predicted octanol–water partition coefficient (Wildman–Crippen LogP) is 2.53. The Bertz CT molecular complexity index is 671. The standard InChI is InChI=1S/C18H26N4O3/c1-5-24-16-8-7-14(11-17(16)25-6-2)18(23)21-15(13(3)4)12-22-19-9-10-20-22/h7-11,13,15H,5-6,12H2,1-4H3,(H,21,23)/t15-/m1/s1. The summed E-state index contributed by atoms with van der Waals surface area (Å²) in [7, 11) is 0. The molecule has 7 nitrogen and oxygen atoms in total. The van der Waals surface area contributed by atoms with Crippen molar-refractivity contribution in [3.05, 3.63) is 36.2 Å². The van der Waals surface area contributed by atoms with Crippen molar-refractivity contribution >= 4 is 5.91 Å². The molecule has 2 rings (SSSR count). The predicted molar refractivity (Wildman–Crippen MR) is 94.9 cm³/mol. The number of rotatable bonds is 9. The first-order valence-corrected chi connectivity index (χ1v) is 8.59. The smallest absolute Gasteiger partial charge is 0.251 e. The van der Waals surface area contributed by atoms with E-state index in [0.29, 0.717) is 36.8 Å². The van der Waals surface area contributed by atoms with Crippen molar-refractivity contribution in [2.45, 2.75) is 40.3 Å². The zero-order chi connectivity index (χ0) is 18.2. The number of hydrogen-bond acceptors (Lipinski definition) is 5. The summed E-state index contributed by atoms with van der Waals surface area (Å²) in [5.41, 5.74) is 0.533. The number of ether oxygens (including phenoxy) is 2. The maximum atomic E-state index is 12.7. The molecular weight excluding hydrogens is 320 g/mol. The number of nitrogens with zero attached hydrogens (tertiary/aromatic N) is 3. The first kappa shape index (κ1) is 18.8. The van der Waals surface area contributed by atoms with Gasteiger partial charge in [-0.1, -0.05) is 13.8 Å². The third-order valence-electron chi connectivity index (χ3n) is 3.75. The van der Waals surface area contributed by atoms with Gasteiger partial charge in [-0.3, -0.25) is 4.79 Å². The lowest BCUT2D eigenvalue weighted by Gasteiger charge is -2.22. The van der Waals surface area contributed by atoms with Crippen LogP contribution in [-0.2, 0) is 6.54 Å². The van der Waals surface area contributed by atoms with E-state index >= 15 is 0 Å². The van der Waals surface area contributed by atoms with Gasteiger partial charge < -0.3 is 14.8 Å². The van der Waals surface area contributed by atoms with Crippen LogP contribution in [0.4, 0.5) is 0 Å². The van der Waals surface area contributed by atoms with Crippen molar-refractivity contribution in [3.8, 4) is 11.5 Å². The fourth-order valence-corrected chi connectivity index (χ4v) is 2.38. The molecule has 1 aromatic carbocycles. The van der Waals surface area contributed by atoms with Gasteiger partial charge in [0.2, 0.25) is 0 Å². The molecule has 1 atom stereocenters. The lowest BCUT2D eigenvalue weighted by atomic mass is 10.0. The van der Waals surface area contributed by atoms with Gasteiger partial charge >= 0.3 is 0 Å². The third-order valence-corrected chi connectivity index (χ3v) is 3.75. The summed E-state index contributed by atoms with van der Waals surface area (Å²) >= 11 is 0. The van der Waals surface area contributed by atoms with E-state index in [1.54, 1.807) is 35.4 Å². The molecule has 7 heteroatoms. The summed E-state index contributed by atoms with van der Waals surface area (Å²) in [6.07, 6.45) is 3.25. The molecule has 2 aromatic rings. The Balaban J connectivity index is 2.13. The second kappa shape index (κ2) is 9.05. The van der Waals surface area contributed by atoms with Crippen LogP contribution in [0.1, 0.15) is 38.1 Å². The van der Waals surface area contributed by atoms with Crippen molar-refractivity contribution in [1.29, 1.82) is 0 Å². The second-order valence-electron chi connectivity index (χ2n) is 5.94. The summed E-state index contributed by atoms with van der Waals surface area (Å²) in [6, 6.07) is 5.14. The Morgan fingerprint density at radius 3 is 2.36 bits per heavy atom. The number of amides is 1. The summed E-state index contributed by atoms with van der Waals surface area (Å²) in [5.74, 6) is 1.30. The van der Waals surface area contributed by atoms with Crippen LogP contribution in [0.15, 0.2) is 30.6 Å². The van der Waals surface area contributed by atoms with Crippen LogP contribution in [-0.4, -0.2) is 40.2 Å². The molecule has 1 aromatic heterocycles. The topological polar surface area (TPSA) is 78.3 Å². The second-order valence-corrected chi connectivity index (χ2v) is 5.94. The molecule has 0 bridgehead atoms. The van der Waals surface area contributed by atoms with Gasteiger partial charge in [-0.2, -0.15) is 15.0 Å². The van der Waals surface area contributed by atoms with E-state index in [4.69, 9.17) is 9.47 Å². The molecule has 25 heavy (non-hydrogen) atoms. The number of nitrogens with one attached hydrogen (secondary N) is 1. The molecule has 0 unspecified atom stereocenters. The molecule has 1 heterocycles. The van der Waals surface area contributed by atoms with Crippen LogP contribution >= 0.6 is 0 Å². The fourth-order valence-electron chi connectivity index (χ4n) is 2.38. The molecule has 0 saturated carbocycles. The first-order chi connectivity index (χ1) is 12.0. The lowest BCUT2D eigenvalue weighted by molar-refractivity contribution is 0.0917. The highest BCUT2D eigenvalue weighted by Gasteiger charge is 2.19. The van der Waals surface area contributed by atoms with Crippen molar-refractivity contribution in [2.75, 3.05) is 13.2 Å². The maximum absolute atomic E-state index is 12.7. The highest BCUT2D eigenvalue weighted by atomic mass is 16.5. The van der Waals surface area contributed by atoms with Crippen LogP contribution in [0.3, 0.4) is 0 Å². The van der Waals surface area contributed by atoms with Gasteiger partial charge in [0, 0.05) is 5.56 Å². The SMILES string of the molecule is CCOc1ccc(C(=O)N[C@H](Cn2nccn2)C(C)C)cc1OCC. The highest BCUT2D eigenvalue weighted by Crippen LogP contribution is 2.28. The Kier molecular flexibility index (Phi) is 6.80. The number of hydrogen-bond donors (Lipinski definition) is 1. The number of benzene rings is 1. The van der Waals surface area contributed by atoms with E-state index in [1.165, 1.54) is 0 Å². The Morgan fingerprint density at radius 2 is 1.76 bits per heavy atom. The monoisotopic (exact) mass is 346 g/mol. The molecule has 0 spiro atoms. The average Bonchev–Trinajstić information content (AvgIpc) is 3.09. The largest absolute Gasteiger partial charge is 0.490 e. The summed E-state index contributed by atoms with van der Waals surface area (Å²) < 4.78 is 11.1. The summed E-state index contributed by atoms with van der Waals surface area (Å²) in [6.45, 7) is 9.48. The van der Waals surface area contributed by atoms with E-state index in [9.17, 15) is 4.79 Å². The van der Waals surface area contributed by atoms with E-state index in [2.05, 4.69) is 29.4 Å². The number of carbonyl (C=O) groups is 1. The molecule has 0 fully saturated rings. The third kappa shape index (κ3) is 5.20. The zero-order valence-electron chi connectivity index (χ0n) is 15.2. The quantitative estimate of drug-likeness (QED) is 0.755. The van der Waals surface area contributed by atoms with Gasteiger partial charge in [0.25, 0.3) is 5.91 Å². The van der Waals surface area contributed by atoms with Crippen molar-refractivity contribution in [2.24, 2.45) is 5.92 Å². The Hall–Kier alpha value is -2.57. The van der Waals surface area contributed by atoms with Crippen LogP contribution < -0.4 is 14.8 Å². The average molecular weight is 346 g/mol. The van der Waals surface area contributed by atoms with Gasteiger partial charge in [0.1, 0.15) is 0 Å². The van der Waals surface area contributed by atoms with Crippen LogP contribution in [0, 0.1) is 5.92 Å². The van der Waals surface area contributed by atoms with E-state index in [0.717, 1.165) is 0 Å². The van der Waals surface area contributed by atoms with Gasteiger partial charge in [0.15, 0.2) is 11.5 Å². The molecule has 1 amide bonds. The van der Waals surface area contributed by atoms with Crippen molar-refractivity contribution < 1.29 is 14.3 Å². The molecule has 1 N–H and O–H groups in total. The summed E-state index contributed by atoms with van der Waals surface area (Å²) in [4.78, 5) is 14.2. The van der Waals surface area contributed by atoms with Gasteiger partial charge in [-0.15, -0.1) is 0 Å². The number of aromatic nitrogens is 3. The molecule has 0 aliphatic heterocycles. The van der Waals surface area contributed by atoms with Crippen molar-refractivity contribution in [3.63, 3.8) is 0 Å². The minimum Gasteiger partial charge on any atom is -0.490 e. The normalized spacial score (nSPS) is 12.0. The number of carbonyl (C=O) groups excluding carboxylic acids is 1. The Morgan fingerprint density at radius 1 is 1.12 bits per heavy atom. The van der Waals surface area contributed by atoms with Gasteiger partial charge in [-0.05, 0) is 38.0 Å². The molecule has 0 aliphatic carbocycles. The maximum Gasteiger partial charge on any atom is 0.251 e. The highest BCUT2D eigenvalue weighted by molar-refractivity contribution is 5.95. The molecule has 0 aliphatic rings. The zero-order valence-corrected chi connectivity index (χ0v) is 15.2. The minimum atomic E-state index is -0.158. The van der Waals surface area contributed by atoms with Crippen LogP contribution in [0.25, 0.3) is 0 Å². The van der Waals surface area contributed by atoms with E-state index in [-0.39, 0.29) is 17.9 Å². The minimum absolute atomic E-state index is 0.0815. The lowest BCUT2D eigenvalue weighted by Crippen LogP contribution is -2.42. The van der Waals surface area contributed by atoms with E-state index in [1.807, 2.05) is 13.8 Å². The molecule has 0 radical (unpaired) electrons. The van der Waals surface area contributed by atoms with Crippen LogP contribution in [0.5, 0.6) is 11.5 Å². The molecular formula is C18H26N4O3. The van der Waals surface area contributed by atoms with Crippen molar-refractivity contribution in [1.82, 2.24) is 20.3 Å². The van der Waals surface area contributed by atoms with Crippen LogP contribution in [0.2, 0.25) is 0 Å². The molecule has 136 valence electrons. The first-order valence-electron chi connectivity index (χ1n) is 8.59. The molecule has 0 saturated heterocycles. The van der Waals surface area contributed by atoms with Gasteiger partial charge in [-0.25, -0.2) is 0 Å². The van der Waals surface area contributed by atoms with Gasteiger partial charge in [0.05, 0.1) is 38.2 Å². The van der Waals surface area contributed by atoms with E-state index < -0.39 is 0 Å². The fraction of sp³-hybridized carbons (Fsp3) is 0.500. The summed E-state index contributed by atoms with van der Waals surface area (Å²) in [5, 5.41) is 11.3.